The molecular weight excluding hydrogens is 282 g/mol. The van der Waals surface area contributed by atoms with E-state index in [2.05, 4.69) is 9.97 Å². The Balaban J connectivity index is 2.19. The molecule has 110 valence electrons. The Labute approximate surface area is 126 Å². The molecule has 1 heterocycles. The minimum Gasteiger partial charge on any atom is -0.496 e. The van der Waals surface area contributed by atoms with Crippen LogP contribution in [0.4, 0.5) is 5.95 Å². The summed E-state index contributed by atoms with van der Waals surface area (Å²) in [5.74, 6) is -0.174. The number of ether oxygens (including phenoxy) is 1. The summed E-state index contributed by atoms with van der Waals surface area (Å²) in [7, 11) is 1.55. The number of benzene rings is 2. The quantitative estimate of drug-likeness (QED) is 0.770. The summed E-state index contributed by atoms with van der Waals surface area (Å²) in [6.45, 7) is 0. The van der Waals surface area contributed by atoms with Crippen molar-refractivity contribution in [2.75, 3.05) is 12.8 Å². The zero-order valence-corrected chi connectivity index (χ0v) is 11.8. The number of methoxy groups -OCH3 is 1. The smallest absolute Gasteiger partial charge is 0.335 e. The molecule has 0 spiro atoms. The third-order valence-electron chi connectivity index (χ3n) is 3.36. The van der Waals surface area contributed by atoms with E-state index >= 15 is 0 Å². The zero-order chi connectivity index (χ0) is 15.7. The second-order valence-electron chi connectivity index (χ2n) is 4.72. The molecule has 0 radical (unpaired) electrons. The Hall–Kier alpha value is -3.15. The number of aromatic nitrogens is 2. The Morgan fingerprint density at radius 2 is 2.05 bits per heavy atom. The number of nitrogens with zero attached hydrogens (tertiary/aromatic N) is 2. The molecule has 0 saturated carbocycles. The number of nitrogens with two attached hydrogens (primary N) is 1. The molecule has 0 bridgehead atoms. The molecule has 22 heavy (non-hydrogen) atoms. The van der Waals surface area contributed by atoms with Crippen molar-refractivity contribution in [2.24, 2.45) is 0 Å². The number of hydrogen-bond donors (Lipinski definition) is 2. The van der Waals surface area contributed by atoms with Gasteiger partial charge in [-0.05, 0) is 35.9 Å². The first kappa shape index (κ1) is 13.8. The van der Waals surface area contributed by atoms with Crippen molar-refractivity contribution in [2.45, 2.75) is 0 Å². The number of carboxylic acids is 1. The molecule has 6 heteroatoms. The third-order valence-corrected chi connectivity index (χ3v) is 3.36. The molecule has 0 fully saturated rings. The Kier molecular flexibility index (Phi) is 3.34. The van der Waals surface area contributed by atoms with Crippen LogP contribution in [-0.2, 0) is 0 Å². The van der Waals surface area contributed by atoms with Gasteiger partial charge in [0, 0.05) is 17.1 Å². The summed E-state index contributed by atoms with van der Waals surface area (Å²) in [6.07, 6.45) is 1.63. The molecule has 1 aromatic heterocycles. The van der Waals surface area contributed by atoms with Gasteiger partial charge in [-0.3, -0.25) is 0 Å². The van der Waals surface area contributed by atoms with E-state index in [1.54, 1.807) is 25.4 Å². The van der Waals surface area contributed by atoms with Crippen molar-refractivity contribution in [1.82, 2.24) is 9.97 Å². The molecule has 3 aromatic rings. The van der Waals surface area contributed by atoms with Gasteiger partial charge in [0.1, 0.15) is 5.75 Å². The highest BCUT2D eigenvalue weighted by Crippen LogP contribution is 2.32. The summed E-state index contributed by atoms with van der Waals surface area (Å²) >= 11 is 0. The predicted octanol–water partition coefficient (Wildman–Crippen LogP) is 2.59. The molecule has 0 unspecified atom stereocenters. The summed E-state index contributed by atoms with van der Waals surface area (Å²) < 4.78 is 5.32. The highest BCUT2D eigenvalue weighted by Gasteiger charge is 2.11. The van der Waals surface area contributed by atoms with Gasteiger partial charge < -0.3 is 15.6 Å². The second-order valence-corrected chi connectivity index (χ2v) is 4.72. The highest BCUT2D eigenvalue weighted by atomic mass is 16.5. The number of hydrogen-bond acceptors (Lipinski definition) is 5. The fourth-order valence-corrected chi connectivity index (χ4v) is 2.28. The lowest BCUT2D eigenvalue weighted by atomic mass is 10.0. The van der Waals surface area contributed by atoms with Gasteiger partial charge in [-0.2, -0.15) is 0 Å². The number of anilines is 1. The van der Waals surface area contributed by atoms with Gasteiger partial charge >= 0.3 is 5.97 Å². The van der Waals surface area contributed by atoms with Crippen molar-refractivity contribution >= 4 is 22.8 Å². The second kappa shape index (κ2) is 5.33. The molecule has 0 aliphatic carbocycles. The first-order chi connectivity index (χ1) is 10.6. The van der Waals surface area contributed by atoms with E-state index in [4.69, 9.17) is 15.6 Å². The average Bonchev–Trinajstić information content (AvgIpc) is 2.53. The van der Waals surface area contributed by atoms with Gasteiger partial charge in [0.05, 0.1) is 18.2 Å². The van der Waals surface area contributed by atoms with Crippen LogP contribution in [-0.4, -0.2) is 28.2 Å². The molecule has 0 aliphatic rings. The highest BCUT2D eigenvalue weighted by molar-refractivity contribution is 5.92. The summed E-state index contributed by atoms with van der Waals surface area (Å²) in [6, 6.07) is 10.3. The van der Waals surface area contributed by atoms with Crippen LogP contribution in [0.5, 0.6) is 5.75 Å². The van der Waals surface area contributed by atoms with E-state index < -0.39 is 5.97 Å². The van der Waals surface area contributed by atoms with Crippen LogP contribution in [0.3, 0.4) is 0 Å². The van der Waals surface area contributed by atoms with Crippen LogP contribution in [0.1, 0.15) is 10.4 Å². The van der Waals surface area contributed by atoms with E-state index in [0.29, 0.717) is 11.3 Å². The lowest BCUT2D eigenvalue weighted by molar-refractivity contribution is 0.0697. The molecule has 2 aromatic carbocycles. The van der Waals surface area contributed by atoms with Crippen molar-refractivity contribution in [3.8, 4) is 16.9 Å². The van der Waals surface area contributed by atoms with Crippen LogP contribution in [0.25, 0.3) is 22.0 Å². The van der Waals surface area contributed by atoms with Gasteiger partial charge in [-0.15, -0.1) is 0 Å². The van der Waals surface area contributed by atoms with Crippen LogP contribution in [0.15, 0.2) is 42.6 Å². The maximum Gasteiger partial charge on any atom is 0.335 e. The van der Waals surface area contributed by atoms with Gasteiger partial charge in [0.25, 0.3) is 0 Å². The Morgan fingerprint density at radius 3 is 2.77 bits per heavy atom. The van der Waals surface area contributed by atoms with E-state index in [1.165, 1.54) is 6.07 Å². The fourth-order valence-electron chi connectivity index (χ4n) is 2.28. The standard InChI is InChI=1S/C16H13N3O3/c1-22-14-5-3-10(15(20)21)7-12(14)9-2-4-13-11(6-9)8-18-16(17)19-13/h2-8H,1H3,(H,20,21)(H2,17,18,19). The fraction of sp³-hybridized carbons (Fsp3) is 0.0625. The number of aromatic carboxylic acids is 1. The number of rotatable bonds is 3. The number of fused-ring (bicyclic) bond motifs is 1. The van der Waals surface area contributed by atoms with Crippen molar-refractivity contribution < 1.29 is 14.6 Å². The van der Waals surface area contributed by atoms with Gasteiger partial charge in [0.15, 0.2) is 0 Å². The summed E-state index contributed by atoms with van der Waals surface area (Å²) in [4.78, 5) is 19.3. The number of carboxylic acid groups (broad SMARTS) is 1. The van der Waals surface area contributed by atoms with Crippen molar-refractivity contribution in [1.29, 1.82) is 0 Å². The van der Waals surface area contributed by atoms with Crippen molar-refractivity contribution in [3.05, 3.63) is 48.2 Å². The van der Waals surface area contributed by atoms with Gasteiger partial charge in [0.2, 0.25) is 5.95 Å². The molecule has 6 nitrogen and oxygen atoms in total. The molecule has 0 amide bonds. The van der Waals surface area contributed by atoms with Crippen LogP contribution >= 0.6 is 0 Å². The van der Waals surface area contributed by atoms with Crippen LogP contribution < -0.4 is 10.5 Å². The average molecular weight is 295 g/mol. The first-order valence-corrected chi connectivity index (χ1v) is 6.52. The normalized spacial score (nSPS) is 10.6. The van der Waals surface area contributed by atoms with Crippen LogP contribution in [0.2, 0.25) is 0 Å². The minimum absolute atomic E-state index is 0.199. The summed E-state index contributed by atoms with van der Waals surface area (Å²) in [5.41, 5.74) is 8.01. The Morgan fingerprint density at radius 1 is 1.23 bits per heavy atom. The molecule has 0 saturated heterocycles. The largest absolute Gasteiger partial charge is 0.496 e. The molecule has 3 N–H and O–H groups in total. The van der Waals surface area contributed by atoms with Gasteiger partial charge in [-0.1, -0.05) is 6.07 Å². The molecule has 0 atom stereocenters. The van der Waals surface area contributed by atoms with E-state index in [9.17, 15) is 4.79 Å². The number of nitrogen functional groups attached to an aromatic ring is 1. The maximum atomic E-state index is 11.2. The topological polar surface area (TPSA) is 98.3 Å². The van der Waals surface area contributed by atoms with Gasteiger partial charge in [-0.25, -0.2) is 14.8 Å². The lowest BCUT2D eigenvalue weighted by Gasteiger charge is -2.10. The minimum atomic E-state index is -0.985. The first-order valence-electron chi connectivity index (χ1n) is 6.52. The molecule has 3 rings (SSSR count). The monoisotopic (exact) mass is 295 g/mol. The number of carbonyl (C=O) groups is 1. The van der Waals surface area contributed by atoms with Crippen molar-refractivity contribution in [3.63, 3.8) is 0 Å². The molecule has 0 aliphatic heterocycles. The SMILES string of the molecule is COc1ccc(C(=O)O)cc1-c1ccc2nc(N)ncc2c1. The van der Waals surface area contributed by atoms with E-state index in [1.807, 2.05) is 18.2 Å². The maximum absolute atomic E-state index is 11.2. The molecular formula is C16H13N3O3. The summed E-state index contributed by atoms with van der Waals surface area (Å²) in [5, 5.41) is 9.96. The zero-order valence-electron chi connectivity index (χ0n) is 11.8. The van der Waals surface area contributed by atoms with Crippen LogP contribution in [0, 0.1) is 0 Å². The Bertz CT molecular complexity index is 878. The van der Waals surface area contributed by atoms with E-state index in [-0.39, 0.29) is 11.5 Å². The lowest BCUT2D eigenvalue weighted by Crippen LogP contribution is -1.98. The predicted molar refractivity (Wildman–Crippen MR) is 82.9 cm³/mol. The third kappa shape index (κ3) is 2.42. The van der Waals surface area contributed by atoms with E-state index in [0.717, 1.165) is 16.5 Å².